The van der Waals surface area contributed by atoms with Crippen LogP contribution in [-0.2, 0) is 36.8 Å². The average molecular weight is 483 g/mol. The van der Waals surface area contributed by atoms with Crippen molar-refractivity contribution < 1.29 is 23.9 Å². The lowest BCUT2D eigenvalue weighted by Crippen LogP contribution is -2.54. The fraction of sp³-hybridized carbons (Fsp3) is 0.385. The highest BCUT2D eigenvalue weighted by atomic mass is 32.2. The third kappa shape index (κ3) is 6.93. The van der Waals surface area contributed by atoms with E-state index in [1.807, 2.05) is 60.7 Å². The number of hydrogen-bond acceptors (Lipinski definition) is 6. The Kier molecular flexibility index (Phi) is 9.27. The molecule has 7 nitrogen and oxygen atoms in total. The zero-order valence-corrected chi connectivity index (χ0v) is 20.3. The zero-order valence-electron chi connectivity index (χ0n) is 19.4. The number of carbonyl (C=O) groups is 4. The number of likely N-dealkylation sites (tertiary alicyclic amines) is 1. The van der Waals surface area contributed by atoms with Gasteiger partial charge in [-0.1, -0.05) is 72.4 Å². The average Bonchev–Trinajstić information content (AvgIpc) is 3.33. The van der Waals surface area contributed by atoms with Gasteiger partial charge in [-0.3, -0.25) is 14.4 Å². The van der Waals surface area contributed by atoms with E-state index in [2.05, 4.69) is 5.32 Å². The largest absolute Gasteiger partial charge is 0.467 e. The summed E-state index contributed by atoms with van der Waals surface area (Å²) in [6.07, 6.45) is 1.85. The van der Waals surface area contributed by atoms with E-state index in [0.717, 1.165) is 22.9 Å². The Hall–Kier alpha value is -3.13. The Labute approximate surface area is 204 Å². The van der Waals surface area contributed by atoms with Crippen molar-refractivity contribution in [2.75, 3.05) is 13.7 Å². The van der Waals surface area contributed by atoms with Crippen LogP contribution in [-0.4, -0.2) is 58.8 Å². The first kappa shape index (κ1) is 25.5. The third-order valence-electron chi connectivity index (χ3n) is 5.77. The summed E-state index contributed by atoms with van der Waals surface area (Å²) >= 11 is 0.954. The highest BCUT2D eigenvalue weighted by Gasteiger charge is 2.39. The standard InChI is InChI=1S/C26H30N2O5S/c1-18(29)34-23(17-20-12-7-4-8-13-20)24(30)27-21(16-19-10-5-3-6-11-19)25(31)28-15-9-14-22(28)26(32)33-2/h3-8,10-13,21-23H,9,14-17H2,1-2H3,(H,27,30)/t21-,22-,23-/m0/s1. The van der Waals surface area contributed by atoms with Gasteiger partial charge in [0.1, 0.15) is 12.1 Å². The molecule has 2 amide bonds. The summed E-state index contributed by atoms with van der Waals surface area (Å²) in [6.45, 7) is 1.85. The fourth-order valence-electron chi connectivity index (χ4n) is 4.14. The number of esters is 1. The lowest BCUT2D eigenvalue weighted by Gasteiger charge is -2.29. The molecule has 8 heteroatoms. The number of rotatable bonds is 9. The van der Waals surface area contributed by atoms with Crippen LogP contribution in [0, 0.1) is 0 Å². The van der Waals surface area contributed by atoms with E-state index < -0.39 is 23.3 Å². The predicted octanol–water partition coefficient (Wildman–Crippen LogP) is 2.77. The molecule has 0 radical (unpaired) electrons. The Balaban J connectivity index is 1.82. The number of hydrogen-bond donors (Lipinski definition) is 1. The van der Waals surface area contributed by atoms with Crippen LogP contribution >= 0.6 is 11.8 Å². The van der Waals surface area contributed by atoms with Gasteiger partial charge in [-0.15, -0.1) is 0 Å². The Morgan fingerprint density at radius 1 is 1.00 bits per heavy atom. The van der Waals surface area contributed by atoms with E-state index >= 15 is 0 Å². The summed E-state index contributed by atoms with van der Waals surface area (Å²) in [7, 11) is 1.31. The van der Waals surface area contributed by atoms with Crippen LogP contribution in [0.2, 0.25) is 0 Å². The number of nitrogens with zero attached hydrogens (tertiary/aromatic N) is 1. The molecule has 0 aromatic heterocycles. The molecule has 0 spiro atoms. The number of ether oxygens (including phenoxy) is 1. The van der Waals surface area contributed by atoms with E-state index in [9.17, 15) is 19.2 Å². The smallest absolute Gasteiger partial charge is 0.328 e. The molecule has 0 aliphatic carbocycles. The van der Waals surface area contributed by atoms with E-state index in [-0.39, 0.29) is 23.4 Å². The number of benzene rings is 2. The summed E-state index contributed by atoms with van der Waals surface area (Å²) in [4.78, 5) is 52.5. The maximum atomic E-state index is 13.5. The predicted molar refractivity (Wildman–Crippen MR) is 131 cm³/mol. The van der Waals surface area contributed by atoms with Crippen molar-refractivity contribution in [3.8, 4) is 0 Å². The Morgan fingerprint density at radius 3 is 2.15 bits per heavy atom. The van der Waals surface area contributed by atoms with Crippen molar-refractivity contribution >= 4 is 34.7 Å². The quantitative estimate of drug-likeness (QED) is 0.553. The summed E-state index contributed by atoms with van der Waals surface area (Å²) in [5.74, 6) is -1.16. The highest BCUT2D eigenvalue weighted by Crippen LogP contribution is 2.22. The lowest BCUT2D eigenvalue weighted by molar-refractivity contribution is -0.151. The number of thioether (sulfide) groups is 1. The van der Waals surface area contributed by atoms with Gasteiger partial charge in [0.15, 0.2) is 5.12 Å². The minimum atomic E-state index is -0.869. The van der Waals surface area contributed by atoms with Crippen LogP contribution < -0.4 is 5.32 Å². The maximum absolute atomic E-state index is 13.5. The van der Waals surface area contributed by atoms with Gasteiger partial charge in [-0.25, -0.2) is 4.79 Å². The SMILES string of the molecule is COC(=O)[C@@H]1CCCN1C(=O)[C@H](Cc1ccccc1)NC(=O)[C@H](Cc1ccccc1)SC(C)=O. The zero-order chi connectivity index (χ0) is 24.5. The van der Waals surface area contributed by atoms with Gasteiger partial charge in [0.05, 0.1) is 12.4 Å². The molecule has 180 valence electrons. The van der Waals surface area contributed by atoms with Gasteiger partial charge in [0.25, 0.3) is 0 Å². The molecule has 34 heavy (non-hydrogen) atoms. The van der Waals surface area contributed by atoms with Crippen molar-refractivity contribution in [1.29, 1.82) is 0 Å². The number of methoxy groups -OCH3 is 1. The van der Waals surface area contributed by atoms with Gasteiger partial charge >= 0.3 is 5.97 Å². The molecule has 1 aliphatic rings. The van der Waals surface area contributed by atoms with Crippen LogP contribution in [0.15, 0.2) is 60.7 Å². The second-order valence-electron chi connectivity index (χ2n) is 8.25. The van der Waals surface area contributed by atoms with Gasteiger partial charge in [0.2, 0.25) is 11.8 Å². The minimum absolute atomic E-state index is 0.174. The van der Waals surface area contributed by atoms with Crippen LogP contribution in [0.1, 0.15) is 30.9 Å². The minimum Gasteiger partial charge on any atom is -0.467 e. The molecule has 1 saturated heterocycles. The summed E-state index contributed by atoms with van der Waals surface area (Å²) in [5.41, 5.74) is 1.81. The first-order valence-electron chi connectivity index (χ1n) is 11.3. The lowest BCUT2D eigenvalue weighted by atomic mass is 10.0. The maximum Gasteiger partial charge on any atom is 0.328 e. The third-order valence-corrected chi connectivity index (χ3v) is 6.77. The van der Waals surface area contributed by atoms with Gasteiger partial charge in [-0.2, -0.15) is 0 Å². The Bertz CT molecular complexity index is 999. The normalized spacial score (nSPS) is 17.0. The van der Waals surface area contributed by atoms with Gasteiger partial charge in [-0.05, 0) is 30.4 Å². The Morgan fingerprint density at radius 2 is 1.59 bits per heavy atom. The molecule has 2 aromatic rings. The number of amides is 2. The van der Waals surface area contributed by atoms with Crippen LogP contribution in [0.4, 0.5) is 0 Å². The molecular weight excluding hydrogens is 452 g/mol. The number of nitrogens with one attached hydrogen (secondary N) is 1. The fourth-order valence-corrected chi connectivity index (χ4v) is 4.99. The van der Waals surface area contributed by atoms with Crippen LogP contribution in [0.25, 0.3) is 0 Å². The highest BCUT2D eigenvalue weighted by molar-refractivity contribution is 8.14. The molecule has 3 rings (SSSR count). The van der Waals surface area contributed by atoms with Crippen molar-refractivity contribution in [1.82, 2.24) is 10.2 Å². The molecule has 3 atom stereocenters. The van der Waals surface area contributed by atoms with Gasteiger partial charge < -0.3 is 15.0 Å². The molecule has 1 fully saturated rings. The van der Waals surface area contributed by atoms with Crippen molar-refractivity contribution in [3.63, 3.8) is 0 Å². The summed E-state index contributed by atoms with van der Waals surface area (Å²) < 4.78 is 4.88. The molecule has 0 saturated carbocycles. The topological polar surface area (TPSA) is 92.8 Å². The van der Waals surface area contributed by atoms with Crippen molar-refractivity contribution in [3.05, 3.63) is 71.8 Å². The molecule has 1 N–H and O–H groups in total. The number of carbonyl (C=O) groups excluding carboxylic acids is 4. The van der Waals surface area contributed by atoms with Crippen LogP contribution in [0.3, 0.4) is 0 Å². The molecule has 1 heterocycles. The van der Waals surface area contributed by atoms with Crippen molar-refractivity contribution in [2.24, 2.45) is 0 Å². The molecule has 2 aromatic carbocycles. The molecule has 0 unspecified atom stereocenters. The van der Waals surface area contributed by atoms with E-state index in [1.54, 1.807) is 0 Å². The van der Waals surface area contributed by atoms with E-state index in [0.29, 0.717) is 25.8 Å². The first-order chi connectivity index (χ1) is 16.4. The van der Waals surface area contributed by atoms with E-state index in [1.165, 1.54) is 18.9 Å². The van der Waals surface area contributed by atoms with Crippen LogP contribution in [0.5, 0.6) is 0 Å². The summed E-state index contributed by atoms with van der Waals surface area (Å²) in [5, 5.41) is 2.04. The monoisotopic (exact) mass is 482 g/mol. The van der Waals surface area contributed by atoms with Gasteiger partial charge in [0, 0.05) is 19.9 Å². The second-order valence-corrected chi connectivity index (χ2v) is 9.63. The van der Waals surface area contributed by atoms with Crippen molar-refractivity contribution in [2.45, 2.75) is 49.9 Å². The van der Waals surface area contributed by atoms with E-state index in [4.69, 9.17) is 4.74 Å². The molecule has 0 bridgehead atoms. The first-order valence-corrected chi connectivity index (χ1v) is 12.2. The molecular formula is C26H30N2O5S. The second kappa shape index (κ2) is 12.4. The summed E-state index contributed by atoms with van der Waals surface area (Å²) in [6, 6.07) is 17.3. The molecule has 1 aliphatic heterocycles.